The van der Waals surface area contributed by atoms with Crippen molar-refractivity contribution in [2.45, 2.75) is 13.1 Å². The number of carbonyl (C=O) groups is 1. The fourth-order valence-corrected chi connectivity index (χ4v) is 3.26. The first-order valence-electron chi connectivity index (χ1n) is 9.36. The second kappa shape index (κ2) is 8.45. The normalized spacial score (nSPS) is 15.0. The van der Waals surface area contributed by atoms with E-state index in [2.05, 4.69) is 20.5 Å². The van der Waals surface area contributed by atoms with Gasteiger partial charge in [-0.25, -0.2) is 9.07 Å². The Balaban J connectivity index is 1.40. The van der Waals surface area contributed by atoms with Crippen molar-refractivity contribution in [2.24, 2.45) is 0 Å². The van der Waals surface area contributed by atoms with Gasteiger partial charge in [0, 0.05) is 37.3 Å². The lowest BCUT2D eigenvalue weighted by Gasteiger charge is -2.26. The number of rotatable bonds is 6. The van der Waals surface area contributed by atoms with Gasteiger partial charge < -0.3 is 10.1 Å². The Labute approximate surface area is 162 Å². The molecule has 0 bridgehead atoms. The van der Waals surface area contributed by atoms with Crippen molar-refractivity contribution in [1.82, 2.24) is 25.2 Å². The van der Waals surface area contributed by atoms with Crippen molar-refractivity contribution in [3.05, 3.63) is 59.4 Å². The molecule has 0 saturated carbocycles. The fourth-order valence-electron chi connectivity index (χ4n) is 3.26. The van der Waals surface area contributed by atoms with E-state index < -0.39 is 0 Å². The summed E-state index contributed by atoms with van der Waals surface area (Å²) in [7, 11) is 0. The summed E-state index contributed by atoms with van der Waals surface area (Å²) in [6.07, 6.45) is 0. The number of hydrogen-bond donors (Lipinski definition) is 1. The second-order valence-corrected chi connectivity index (χ2v) is 6.74. The van der Waals surface area contributed by atoms with E-state index in [1.165, 1.54) is 6.07 Å². The molecule has 1 amide bonds. The van der Waals surface area contributed by atoms with E-state index in [0.717, 1.165) is 44.9 Å². The molecule has 7 nitrogen and oxygen atoms in total. The van der Waals surface area contributed by atoms with Crippen LogP contribution in [0.15, 0.2) is 42.5 Å². The van der Waals surface area contributed by atoms with Crippen LogP contribution in [0.4, 0.5) is 4.39 Å². The highest BCUT2D eigenvalue weighted by molar-refractivity contribution is 5.97. The van der Waals surface area contributed by atoms with Gasteiger partial charge in [-0.15, -0.1) is 5.10 Å². The molecule has 1 fully saturated rings. The van der Waals surface area contributed by atoms with Gasteiger partial charge in [-0.1, -0.05) is 23.4 Å². The first-order chi connectivity index (χ1) is 13.7. The lowest BCUT2D eigenvalue weighted by molar-refractivity contribution is 0.0360. The van der Waals surface area contributed by atoms with Crippen molar-refractivity contribution in [3.8, 4) is 0 Å². The van der Waals surface area contributed by atoms with Gasteiger partial charge in [0.15, 0.2) is 0 Å². The molecule has 0 unspecified atom stereocenters. The number of benzene rings is 2. The molecule has 4 rings (SSSR count). The number of halogens is 1. The Morgan fingerprint density at radius 1 is 1.14 bits per heavy atom. The van der Waals surface area contributed by atoms with Crippen LogP contribution in [0, 0.1) is 5.82 Å². The predicted molar refractivity (Wildman–Crippen MR) is 102 cm³/mol. The molecule has 0 atom stereocenters. The quantitative estimate of drug-likeness (QED) is 0.703. The standard InChI is InChI=1S/C20H22FN5O2/c21-17-4-2-1-3-16(17)14-22-20(27)15-5-6-19-18(13-15)23-24-26(19)8-7-25-9-11-28-12-10-25/h1-6,13H,7-12,14H2,(H,22,27). The van der Waals surface area contributed by atoms with E-state index in [4.69, 9.17) is 4.74 Å². The summed E-state index contributed by atoms with van der Waals surface area (Å²) >= 11 is 0. The third kappa shape index (κ3) is 4.18. The molecule has 1 N–H and O–H groups in total. The van der Waals surface area contributed by atoms with Gasteiger partial charge in [0.25, 0.3) is 5.91 Å². The Morgan fingerprint density at radius 2 is 1.96 bits per heavy atom. The molecule has 2 aromatic carbocycles. The number of ether oxygens (including phenoxy) is 1. The monoisotopic (exact) mass is 383 g/mol. The minimum Gasteiger partial charge on any atom is -0.379 e. The summed E-state index contributed by atoms with van der Waals surface area (Å²) < 4.78 is 20.9. The fraction of sp³-hybridized carbons (Fsp3) is 0.350. The van der Waals surface area contributed by atoms with E-state index in [0.29, 0.717) is 16.6 Å². The summed E-state index contributed by atoms with van der Waals surface area (Å²) in [5.41, 5.74) is 2.48. The van der Waals surface area contributed by atoms with E-state index in [-0.39, 0.29) is 18.3 Å². The molecule has 1 saturated heterocycles. The number of aromatic nitrogens is 3. The molecule has 0 aliphatic carbocycles. The topological polar surface area (TPSA) is 72.3 Å². The van der Waals surface area contributed by atoms with Gasteiger partial charge in [-0.2, -0.15) is 0 Å². The Kier molecular flexibility index (Phi) is 5.59. The van der Waals surface area contributed by atoms with Crippen molar-refractivity contribution >= 4 is 16.9 Å². The first-order valence-corrected chi connectivity index (χ1v) is 9.36. The minimum absolute atomic E-state index is 0.135. The molecule has 3 aromatic rings. The van der Waals surface area contributed by atoms with Crippen LogP contribution < -0.4 is 5.32 Å². The number of carbonyl (C=O) groups excluding carboxylic acids is 1. The van der Waals surface area contributed by atoms with E-state index in [9.17, 15) is 9.18 Å². The molecule has 28 heavy (non-hydrogen) atoms. The highest BCUT2D eigenvalue weighted by Crippen LogP contribution is 2.14. The zero-order chi connectivity index (χ0) is 19.3. The summed E-state index contributed by atoms with van der Waals surface area (Å²) in [5, 5.41) is 11.1. The lowest BCUT2D eigenvalue weighted by Crippen LogP contribution is -2.38. The number of hydrogen-bond acceptors (Lipinski definition) is 5. The van der Waals surface area contributed by atoms with Crippen molar-refractivity contribution < 1.29 is 13.9 Å². The maximum absolute atomic E-state index is 13.7. The maximum atomic E-state index is 13.7. The van der Waals surface area contributed by atoms with Gasteiger partial charge in [-0.3, -0.25) is 9.69 Å². The van der Waals surface area contributed by atoms with Crippen LogP contribution in [0.3, 0.4) is 0 Å². The second-order valence-electron chi connectivity index (χ2n) is 6.74. The zero-order valence-electron chi connectivity index (χ0n) is 15.5. The third-order valence-electron chi connectivity index (χ3n) is 4.91. The van der Waals surface area contributed by atoms with Crippen molar-refractivity contribution in [3.63, 3.8) is 0 Å². The van der Waals surface area contributed by atoms with E-state index >= 15 is 0 Å². The maximum Gasteiger partial charge on any atom is 0.251 e. The minimum atomic E-state index is -0.332. The summed E-state index contributed by atoms with van der Waals surface area (Å²) in [6.45, 7) is 5.14. The largest absolute Gasteiger partial charge is 0.379 e. The SMILES string of the molecule is O=C(NCc1ccccc1F)c1ccc2c(c1)nnn2CCN1CCOCC1. The van der Waals surface area contributed by atoms with Crippen LogP contribution in [0.2, 0.25) is 0 Å². The Hall–Kier alpha value is -2.84. The molecule has 0 radical (unpaired) electrons. The van der Waals surface area contributed by atoms with Crippen LogP contribution in [0.1, 0.15) is 15.9 Å². The zero-order valence-corrected chi connectivity index (χ0v) is 15.5. The number of nitrogens with one attached hydrogen (secondary N) is 1. The number of amides is 1. The highest BCUT2D eigenvalue weighted by Gasteiger charge is 2.13. The van der Waals surface area contributed by atoms with Crippen LogP contribution in [0.5, 0.6) is 0 Å². The molecule has 146 valence electrons. The summed E-state index contributed by atoms with van der Waals surface area (Å²) in [4.78, 5) is 14.7. The molecule has 1 aromatic heterocycles. The number of nitrogens with zero attached hydrogens (tertiary/aromatic N) is 4. The number of morpholine rings is 1. The van der Waals surface area contributed by atoms with Gasteiger partial charge in [0.05, 0.1) is 25.3 Å². The molecule has 0 spiro atoms. The summed E-state index contributed by atoms with van der Waals surface area (Å²) in [5.74, 6) is -0.602. The molecule has 1 aliphatic rings. The lowest BCUT2D eigenvalue weighted by atomic mass is 10.1. The van der Waals surface area contributed by atoms with Gasteiger partial charge in [0.2, 0.25) is 0 Å². The average Bonchev–Trinajstić information content (AvgIpc) is 3.14. The molecule has 1 aliphatic heterocycles. The van der Waals surface area contributed by atoms with Gasteiger partial charge >= 0.3 is 0 Å². The van der Waals surface area contributed by atoms with Crippen LogP contribution in [0.25, 0.3) is 11.0 Å². The smallest absolute Gasteiger partial charge is 0.251 e. The Bertz CT molecular complexity index is 968. The van der Waals surface area contributed by atoms with Crippen molar-refractivity contribution in [1.29, 1.82) is 0 Å². The predicted octanol–water partition coefficient (Wildman–Crippen LogP) is 1.83. The van der Waals surface area contributed by atoms with E-state index in [1.54, 1.807) is 30.3 Å². The average molecular weight is 383 g/mol. The van der Waals surface area contributed by atoms with Crippen LogP contribution >= 0.6 is 0 Å². The van der Waals surface area contributed by atoms with Crippen LogP contribution in [-0.4, -0.2) is 58.6 Å². The number of fused-ring (bicyclic) bond motifs is 1. The summed E-state index contributed by atoms with van der Waals surface area (Å²) in [6, 6.07) is 11.7. The highest BCUT2D eigenvalue weighted by atomic mass is 19.1. The van der Waals surface area contributed by atoms with Crippen molar-refractivity contribution in [2.75, 3.05) is 32.8 Å². The Morgan fingerprint density at radius 3 is 2.79 bits per heavy atom. The van der Waals surface area contributed by atoms with Crippen LogP contribution in [-0.2, 0) is 17.8 Å². The van der Waals surface area contributed by atoms with E-state index in [1.807, 2.05) is 10.7 Å². The molecule has 8 heteroatoms. The molecular formula is C20H22FN5O2. The molecule has 2 heterocycles. The first kappa shape index (κ1) is 18.5. The van der Waals surface area contributed by atoms with Gasteiger partial charge in [0.1, 0.15) is 11.3 Å². The third-order valence-corrected chi connectivity index (χ3v) is 4.91. The van der Waals surface area contributed by atoms with Gasteiger partial charge in [-0.05, 0) is 24.3 Å². The molecular weight excluding hydrogens is 361 g/mol.